The van der Waals surface area contributed by atoms with Gasteiger partial charge in [0.05, 0.1) is 61.1 Å². The second kappa shape index (κ2) is 14.0. The summed E-state index contributed by atoms with van der Waals surface area (Å²) in [4.78, 5) is 19.0. The Morgan fingerprint density at radius 1 is 0.981 bits per heavy atom. The van der Waals surface area contributed by atoms with Crippen LogP contribution in [-0.4, -0.2) is 84.3 Å². The standard InChI is InChI=1S/C40H43ClN6O5/c1-50-35-14-26(15-36(51-2)32(35)18-42-17-24-12-27(48)13-24)47-34-9-5-6-28(31(34)19-44-47)29-7-4-8-30(38(29)41)33-11-10-25(39(45-33)52-3)20-46-22-40(23-46)16-37(49)43-21-40/h4-11,14-15,19,24,27,42,48H,12-13,16-18,20-23H2,1-3H3,(H,43,49). The lowest BCUT2D eigenvalue weighted by Crippen LogP contribution is -2.56. The van der Waals surface area contributed by atoms with Gasteiger partial charge in [0.25, 0.3) is 0 Å². The van der Waals surface area contributed by atoms with E-state index in [-0.39, 0.29) is 17.4 Å². The zero-order valence-corrected chi connectivity index (χ0v) is 30.4. The molecule has 270 valence electrons. The topological polar surface area (TPSA) is 123 Å². The van der Waals surface area contributed by atoms with Crippen molar-refractivity contribution in [2.75, 3.05) is 47.5 Å². The number of carbonyl (C=O) groups is 1. The van der Waals surface area contributed by atoms with Crippen molar-refractivity contribution in [2.45, 2.75) is 38.5 Å². The van der Waals surface area contributed by atoms with Crippen molar-refractivity contribution in [3.8, 4) is 45.5 Å². The Labute approximate surface area is 307 Å². The zero-order chi connectivity index (χ0) is 36.0. The number of aliphatic hydroxyl groups is 1. The maximum Gasteiger partial charge on any atom is 0.220 e. The first-order valence-corrected chi connectivity index (χ1v) is 18.1. The molecule has 3 N–H and O–H groups in total. The highest BCUT2D eigenvalue weighted by atomic mass is 35.5. The molecule has 1 aliphatic carbocycles. The fraction of sp³-hybridized carbons (Fsp3) is 0.375. The largest absolute Gasteiger partial charge is 0.496 e. The molecule has 1 amide bonds. The van der Waals surface area contributed by atoms with Crippen molar-refractivity contribution in [1.29, 1.82) is 0 Å². The molecule has 0 radical (unpaired) electrons. The van der Waals surface area contributed by atoms with E-state index in [1.54, 1.807) is 21.3 Å². The zero-order valence-electron chi connectivity index (χ0n) is 29.6. The number of benzene rings is 3. The second-order valence-corrected chi connectivity index (χ2v) is 14.8. The van der Waals surface area contributed by atoms with Crippen molar-refractivity contribution >= 4 is 28.4 Å². The van der Waals surface area contributed by atoms with Crippen LogP contribution in [-0.2, 0) is 17.9 Å². The summed E-state index contributed by atoms with van der Waals surface area (Å²) < 4.78 is 19.3. The van der Waals surface area contributed by atoms with E-state index in [2.05, 4.69) is 27.7 Å². The van der Waals surface area contributed by atoms with Crippen LogP contribution >= 0.6 is 11.6 Å². The smallest absolute Gasteiger partial charge is 0.220 e. The van der Waals surface area contributed by atoms with E-state index in [0.29, 0.717) is 47.8 Å². The van der Waals surface area contributed by atoms with Gasteiger partial charge in [-0.15, -0.1) is 0 Å². The summed E-state index contributed by atoms with van der Waals surface area (Å²) in [6.07, 6.45) is 3.98. The molecule has 1 spiro atoms. The van der Waals surface area contributed by atoms with Gasteiger partial charge < -0.3 is 30.0 Å². The van der Waals surface area contributed by atoms with Crippen LogP contribution in [0.2, 0.25) is 5.02 Å². The van der Waals surface area contributed by atoms with E-state index >= 15 is 0 Å². The number of aromatic nitrogens is 3. The number of nitrogens with zero attached hydrogens (tertiary/aromatic N) is 4. The normalized spacial score (nSPS) is 19.4. The van der Waals surface area contributed by atoms with Gasteiger partial charge in [-0.05, 0) is 43.0 Å². The maximum atomic E-state index is 11.8. The number of rotatable bonds is 12. The monoisotopic (exact) mass is 722 g/mol. The van der Waals surface area contributed by atoms with Crippen LogP contribution < -0.4 is 24.8 Å². The number of aliphatic hydroxyl groups excluding tert-OH is 1. The van der Waals surface area contributed by atoms with E-state index < -0.39 is 0 Å². The van der Waals surface area contributed by atoms with E-state index in [1.165, 1.54) is 0 Å². The van der Waals surface area contributed by atoms with Gasteiger partial charge in [0.2, 0.25) is 11.8 Å². The molecule has 3 aliphatic rings. The molecule has 8 rings (SSSR count). The lowest BCUT2D eigenvalue weighted by atomic mass is 9.79. The highest BCUT2D eigenvalue weighted by molar-refractivity contribution is 6.36. The van der Waals surface area contributed by atoms with Crippen LogP contribution in [0, 0.1) is 11.3 Å². The molecule has 2 aliphatic heterocycles. The molecule has 12 heteroatoms. The number of pyridine rings is 1. The minimum absolute atomic E-state index is 0.0640. The minimum atomic E-state index is -0.169. The predicted molar refractivity (Wildman–Crippen MR) is 200 cm³/mol. The van der Waals surface area contributed by atoms with Crippen LogP contribution in [0.5, 0.6) is 17.4 Å². The third-order valence-electron chi connectivity index (χ3n) is 10.8. The summed E-state index contributed by atoms with van der Waals surface area (Å²) in [5.74, 6) is 2.61. The average molecular weight is 723 g/mol. The molecule has 11 nitrogen and oxygen atoms in total. The molecular formula is C40H43ClN6O5. The molecule has 0 bridgehead atoms. The minimum Gasteiger partial charge on any atom is -0.496 e. The number of carbonyl (C=O) groups excluding carboxylic acids is 1. The van der Waals surface area contributed by atoms with Crippen molar-refractivity contribution in [1.82, 2.24) is 30.3 Å². The first kappa shape index (κ1) is 34.4. The fourth-order valence-corrected chi connectivity index (χ4v) is 8.44. The van der Waals surface area contributed by atoms with E-state index in [0.717, 1.165) is 89.1 Å². The summed E-state index contributed by atoms with van der Waals surface area (Å²) in [5, 5.41) is 22.5. The lowest BCUT2D eigenvalue weighted by molar-refractivity contribution is -0.120. The first-order valence-electron chi connectivity index (χ1n) is 17.7. The van der Waals surface area contributed by atoms with Gasteiger partial charge in [0, 0.05) is 78.8 Å². The van der Waals surface area contributed by atoms with Crippen LogP contribution in [0.3, 0.4) is 0 Å². The van der Waals surface area contributed by atoms with Crippen LogP contribution in [0.1, 0.15) is 30.4 Å². The number of halogens is 1. The SMILES string of the molecule is COc1cc(-n2ncc3c(-c4cccc(-c5ccc(CN6CC7(CNC(=O)C7)C6)c(OC)n5)c4Cl)cccc32)cc(OC)c1CNCC1CC(O)C1. The van der Waals surface area contributed by atoms with Crippen molar-refractivity contribution in [3.05, 3.63) is 83.0 Å². The van der Waals surface area contributed by atoms with Gasteiger partial charge in [-0.1, -0.05) is 48.0 Å². The van der Waals surface area contributed by atoms with Gasteiger partial charge in [-0.25, -0.2) is 9.67 Å². The molecule has 3 aromatic carbocycles. The van der Waals surface area contributed by atoms with Crippen LogP contribution in [0.15, 0.2) is 66.9 Å². The number of methoxy groups -OCH3 is 3. The Bertz CT molecular complexity index is 2120. The Morgan fingerprint density at radius 3 is 2.40 bits per heavy atom. The van der Waals surface area contributed by atoms with E-state index in [9.17, 15) is 9.90 Å². The van der Waals surface area contributed by atoms with Crippen molar-refractivity contribution < 1.29 is 24.1 Å². The Balaban J connectivity index is 1.06. The summed E-state index contributed by atoms with van der Waals surface area (Å²) >= 11 is 7.21. The number of ether oxygens (including phenoxy) is 3. The van der Waals surface area contributed by atoms with E-state index in [1.807, 2.05) is 59.4 Å². The molecule has 4 heterocycles. The van der Waals surface area contributed by atoms with Gasteiger partial charge >= 0.3 is 0 Å². The molecule has 0 unspecified atom stereocenters. The highest BCUT2D eigenvalue weighted by Crippen LogP contribution is 2.42. The number of nitrogens with one attached hydrogen (secondary N) is 2. The van der Waals surface area contributed by atoms with Gasteiger partial charge in [-0.2, -0.15) is 5.10 Å². The fourth-order valence-electron chi connectivity index (χ4n) is 8.11. The van der Waals surface area contributed by atoms with Gasteiger partial charge in [0.1, 0.15) is 11.5 Å². The summed E-state index contributed by atoms with van der Waals surface area (Å²) in [7, 11) is 4.97. The summed E-state index contributed by atoms with van der Waals surface area (Å²) in [6.45, 7) is 4.63. The first-order chi connectivity index (χ1) is 25.3. The number of likely N-dealkylation sites (tertiary alicyclic amines) is 1. The number of hydrogen-bond acceptors (Lipinski definition) is 9. The Hall–Kier alpha value is -4.68. The lowest BCUT2D eigenvalue weighted by Gasteiger charge is -2.47. The third kappa shape index (κ3) is 6.36. The van der Waals surface area contributed by atoms with Gasteiger partial charge in [-0.3, -0.25) is 9.69 Å². The Kier molecular flexibility index (Phi) is 9.29. The molecule has 2 aromatic heterocycles. The molecule has 2 saturated heterocycles. The molecule has 1 saturated carbocycles. The van der Waals surface area contributed by atoms with Crippen molar-refractivity contribution in [2.24, 2.45) is 11.3 Å². The van der Waals surface area contributed by atoms with Crippen molar-refractivity contribution in [3.63, 3.8) is 0 Å². The Morgan fingerprint density at radius 2 is 1.71 bits per heavy atom. The molecule has 5 aromatic rings. The van der Waals surface area contributed by atoms with E-state index in [4.69, 9.17) is 35.9 Å². The highest BCUT2D eigenvalue weighted by Gasteiger charge is 2.48. The van der Waals surface area contributed by atoms with Gasteiger partial charge in [0.15, 0.2) is 0 Å². The number of fused-ring (bicyclic) bond motifs is 1. The number of amides is 1. The molecule has 0 atom stereocenters. The second-order valence-electron chi connectivity index (χ2n) is 14.4. The summed E-state index contributed by atoms with van der Waals surface area (Å²) in [5.41, 5.74) is 7.06. The summed E-state index contributed by atoms with van der Waals surface area (Å²) in [6, 6.07) is 20.1. The number of hydrogen-bond donors (Lipinski definition) is 3. The predicted octanol–water partition coefficient (Wildman–Crippen LogP) is 5.62. The average Bonchev–Trinajstić information content (AvgIpc) is 3.75. The molecular weight excluding hydrogens is 680 g/mol. The maximum absolute atomic E-state index is 11.8. The van der Waals surface area contributed by atoms with Crippen LogP contribution in [0.4, 0.5) is 0 Å². The molecule has 52 heavy (non-hydrogen) atoms. The van der Waals surface area contributed by atoms with Crippen LogP contribution in [0.25, 0.3) is 39.0 Å². The third-order valence-corrected chi connectivity index (χ3v) is 11.2. The quantitative estimate of drug-likeness (QED) is 0.151. The molecule has 3 fully saturated rings.